The van der Waals surface area contributed by atoms with Crippen molar-refractivity contribution < 1.29 is 0 Å². The number of hydrogen-bond acceptors (Lipinski definition) is 2. The lowest BCUT2D eigenvalue weighted by molar-refractivity contribution is 0.242. The lowest BCUT2D eigenvalue weighted by atomic mass is 10.0. The van der Waals surface area contributed by atoms with E-state index in [1.165, 1.54) is 32.4 Å². The van der Waals surface area contributed by atoms with Crippen LogP contribution in [0.15, 0.2) is 12.7 Å². The normalized spacial score (nSPS) is 24.3. The number of nitrogens with one attached hydrogen (secondary N) is 1. The van der Waals surface area contributed by atoms with Crippen LogP contribution in [0.1, 0.15) is 33.1 Å². The third-order valence-electron chi connectivity index (χ3n) is 3.37. The van der Waals surface area contributed by atoms with Crippen LogP contribution in [0.25, 0.3) is 0 Å². The predicted molar refractivity (Wildman–Crippen MR) is 67.1 cm³/mol. The maximum Gasteiger partial charge on any atom is 0.0192 e. The van der Waals surface area contributed by atoms with Crippen molar-refractivity contribution in [3.05, 3.63) is 12.7 Å². The third kappa shape index (κ3) is 4.35. The third-order valence-corrected chi connectivity index (χ3v) is 3.37. The average Bonchev–Trinajstić information content (AvgIpc) is 2.67. The van der Waals surface area contributed by atoms with Crippen LogP contribution in [-0.4, -0.2) is 37.1 Å². The van der Waals surface area contributed by atoms with E-state index in [-0.39, 0.29) is 0 Å². The van der Waals surface area contributed by atoms with Crippen molar-refractivity contribution in [1.29, 1.82) is 0 Å². The van der Waals surface area contributed by atoms with E-state index >= 15 is 0 Å². The summed E-state index contributed by atoms with van der Waals surface area (Å²) in [6.45, 7) is 12.9. The summed E-state index contributed by atoms with van der Waals surface area (Å²) in [6, 6.07) is 0.673. The van der Waals surface area contributed by atoms with Gasteiger partial charge in [0.2, 0.25) is 0 Å². The highest BCUT2D eigenvalue weighted by Crippen LogP contribution is 2.22. The summed E-state index contributed by atoms with van der Waals surface area (Å²) >= 11 is 0. The van der Waals surface area contributed by atoms with Crippen molar-refractivity contribution in [2.24, 2.45) is 5.92 Å². The van der Waals surface area contributed by atoms with Crippen molar-refractivity contribution in [3.8, 4) is 0 Å². The molecule has 1 fully saturated rings. The van der Waals surface area contributed by atoms with Crippen molar-refractivity contribution in [2.75, 3.05) is 26.2 Å². The molecule has 0 aromatic heterocycles. The number of likely N-dealkylation sites (tertiary alicyclic amines) is 1. The molecule has 1 saturated heterocycles. The molecule has 15 heavy (non-hydrogen) atoms. The summed E-state index contributed by atoms with van der Waals surface area (Å²) < 4.78 is 0. The Labute approximate surface area is 94.7 Å². The molecule has 0 aliphatic carbocycles. The van der Waals surface area contributed by atoms with Gasteiger partial charge in [0.1, 0.15) is 0 Å². The molecule has 0 aromatic carbocycles. The molecule has 2 unspecified atom stereocenters. The van der Waals surface area contributed by atoms with Gasteiger partial charge >= 0.3 is 0 Å². The molecule has 0 radical (unpaired) electrons. The standard InChI is InChI=1S/C13H26N2/c1-4-6-13-7-9-15(11-13)12(3)10-14-8-5-2/h5,12-14H,2,4,6-11H2,1,3H3. The zero-order chi connectivity index (χ0) is 11.1. The van der Waals surface area contributed by atoms with E-state index in [9.17, 15) is 0 Å². The molecule has 2 nitrogen and oxygen atoms in total. The minimum atomic E-state index is 0.673. The van der Waals surface area contributed by atoms with E-state index in [0.717, 1.165) is 19.0 Å². The molecular weight excluding hydrogens is 184 g/mol. The summed E-state index contributed by atoms with van der Waals surface area (Å²) in [5, 5.41) is 3.40. The molecule has 1 aliphatic heterocycles. The van der Waals surface area contributed by atoms with E-state index in [0.29, 0.717) is 6.04 Å². The molecule has 1 rings (SSSR count). The Kier molecular flexibility index (Phi) is 5.96. The molecule has 0 saturated carbocycles. The van der Waals surface area contributed by atoms with E-state index in [1.54, 1.807) is 0 Å². The van der Waals surface area contributed by atoms with Crippen LogP contribution in [0.3, 0.4) is 0 Å². The highest BCUT2D eigenvalue weighted by Gasteiger charge is 2.24. The first kappa shape index (κ1) is 12.7. The van der Waals surface area contributed by atoms with Crippen LogP contribution in [0.4, 0.5) is 0 Å². The highest BCUT2D eigenvalue weighted by atomic mass is 15.2. The van der Waals surface area contributed by atoms with Gasteiger partial charge in [-0.05, 0) is 32.2 Å². The van der Waals surface area contributed by atoms with Crippen molar-refractivity contribution in [3.63, 3.8) is 0 Å². The first-order valence-electron chi connectivity index (χ1n) is 6.33. The van der Waals surface area contributed by atoms with Crippen LogP contribution < -0.4 is 5.32 Å². The Morgan fingerprint density at radius 1 is 1.60 bits per heavy atom. The van der Waals surface area contributed by atoms with Gasteiger partial charge in [0.25, 0.3) is 0 Å². The average molecular weight is 210 g/mol. The molecule has 2 heteroatoms. The minimum Gasteiger partial charge on any atom is -0.312 e. The van der Waals surface area contributed by atoms with Gasteiger partial charge in [-0.1, -0.05) is 19.4 Å². The number of rotatable bonds is 7. The molecule has 0 aromatic rings. The van der Waals surface area contributed by atoms with Crippen LogP contribution in [0.2, 0.25) is 0 Å². The van der Waals surface area contributed by atoms with Gasteiger partial charge in [0.15, 0.2) is 0 Å². The second-order valence-corrected chi connectivity index (χ2v) is 4.73. The fraction of sp³-hybridized carbons (Fsp3) is 0.846. The maximum atomic E-state index is 3.72. The summed E-state index contributed by atoms with van der Waals surface area (Å²) in [5.41, 5.74) is 0. The summed E-state index contributed by atoms with van der Waals surface area (Å²) in [4.78, 5) is 2.62. The van der Waals surface area contributed by atoms with Gasteiger partial charge < -0.3 is 5.32 Å². The largest absolute Gasteiger partial charge is 0.312 e. The molecule has 88 valence electrons. The smallest absolute Gasteiger partial charge is 0.0192 e. The predicted octanol–water partition coefficient (Wildman–Crippen LogP) is 2.27. The molecule has 1 heterocycles. The van der Waals surface area contributed by atoms with Crippen LogP contribution in [0, 0.1) is 5.92 Å². The fourth-order valence-electron chi connectivity index (χ4n) is 2.43. The van der Waals surface area contributed by atoms with Gasteiger partial charge in [-0.15, -0.1) is 6.58 Å². The number of hydrogen-bond donors (Lipinski definition) is 1. The Hall–Kier alpha value is -0.340. The quantitative estimate of drug-likeness (QED) is 0.512. The van der Waals surface area contributed by atoms with Gasteiger partial charge in [-0.2, -0.15) is 0 Å². The second kappa shape index (κ2) is 7.02. The van der Waals surface area contributed by atoms with Gasteiger partial charge in [-0.25, -0.2) is 0 Å². The van der Waals surface area contributed by atoms with Crippen LogP contribution in [0.5, 0.6) is 0 Å². The monoisotopic (exact) mass is 210 g/mol. The van der Waals surface area contributed by atoms with E-state index in [2.05, 4.69) is 30.6 Å². The lowest BCUT2D eigenvalue weighted by Gasteiger charge is -2.24. The zero-order valence-corrected chi connectivity index (χ0v) is 10.3. The van der Waals surface area contributed by atoms with Gasteiger partial charge in [0.05, 0.1) is 0 Å². The fourth-order valence-corrected chi connectivity index (χ4v) is 2.43. The lowest BCUT2D eigenvalue weighted by Crippen LogP contribution is -2.39. The second-order valence-electron chi connectivity index (χ2n) is 4.73. The molecule has 1 N–H and O–H groups in total. The zero-order valence-electron chi connectivity index (χ0n) is 10.3. The molecular formula is C13H26N2. The topological polar surface area (TPSA) is 15.3 Å². The maximum absolute atomic E-state index is 3.72. The SMILES string of the molecule is C=CCNCC(C)N1CCC(CCC)C1. The van der Waals surface area contributed by atoms with Gasteiger partial charge in [-0.3, -0.25) is 4.90 Å². The van der Waals surface area contributed by atoms with E-state index in [4.69, 9.17) is 0 Å². The molecule has 0 spiro atoms. The van der Waals surface area contributed by atoms with E-state index < -0.39 is 0 Å². The molecule has 1 aliphatic rings. The van der Waals surface area contributed by atoms with Gasteiger partial charge in [0, 0.05) is 25.7 Å². The Morgan fingerprint density at radius 2 is 2.40 bits per heavy atom. The molecule has 0 amide bonds. The molecule has 0 bridgehead atoms. The van der Waals surface area contributed by atoms with Crippen LogP contribution >= 0.6 is 0 Å². The number of nitrogens with zero attached hydrogens (tertiary/aromatic N) is 1. The minimum absolute atomic E-state index is 0.673. The van der Waals surface area contributed by atoms with E-state index in [1.807, 2.05) is 6.08 Å². The Bertz CT molecular complexity index is 179. The summed E-state index contributed by atoms with van der Waals surface area (Å²) in [7, 11) is 0. The van der Waals surface area contributed by atoms with Crippen molar-refractivity contribution >= 4 is 0 Å². The summed E-state index contributed by atoms with van der Waals surface area (Å²) in [6.07, 6.45) is 6.07. The van der Waals surface area contributed by atoms with Crippen molar-refractivity contribution in [2.45, 2.75) is 39.2 Å². The van der Waals surface area contributed by atoms with Crippen molar-refractivity contribution in [1.82, 2.24) is 10.2 Å². The Balaban J connectivity index is 2.17. The highest BCUT2D eigenvalue weighted by molar-refractivity contribution is 4.81. The first-order chi connectivity index (χ1) is 7.27. The first-order valence-corrected chi connectivity index (χ1v) is 6.33. The molecule has 2 atom stereocenters. The summed E-state index contributed by atoms with van der Waals surface area (Å²) in [5.74, 6) is 0.955. The Morgan fingerprint density at radius 3 is 3.07 bits per heavy atom. The van der Waals surface area contributed by atoms with Crippen LogP contribution in [-0.2, 0) is 0 Å².